The molecule has 18 heavy (non-hydrogen) atoms. The highest BCUT2D eigenvalue weighted by Crippen LogP contribution is 2.30. The van der Waals surface area contributed by atoms with Crippen molar-refractivity contribution in [1.29, 1.82) is 0 Å². The molecule has 0 saturated heterocycles. The maximum Gasteiger partial charge on any atom is 0.0487 e. The number of nitrogens with two attached hydrogens (primary N) is 1. The third-order valence-corrected chi connectivity index (χ3v) is 3.85. The van der Waals surface area contributed by atoms with Crippen LogP contribution in [0.3, 0.4) is 0 Å². The van der Waals surface area contributed by atoms with Crippen molar-refractivity contribution in [2.75, 3.05) is 7.05 Å². The summed E-state index contributed by atoms with van der Waals surface area (Å²) in [5, 5.41) is 1.35. The van der Waals surface area contributed by atoms with Crippen LogP contribution in [0.15, 0.2) is 18.3 Å². The normalized spacial score (nSPS) is 15.5. The summed E-state index contributed by atoms with van der Waals surface area (Å²) in [6.07, 6.45) is 3.39. The Kier molecular flexibility index (Phi) is 2.88. The predicted octanol–water partition coefficient (Wildman–Crippen LogP) is 2.46. The lowest BCUT2D eigenvalue weighted by Crippen LogP contribution is -2.07. The van der Waals surface area contributed by atoms with E-state index in [4.69, 9.17) is 5.73 Å². The van der Waals surface area contributed by atoms with Gasteiger partial charge in [-0.25, -0.2) is 0 Å². The third-order valence-electron chi connectivity index (χ3n) is 3.85. The minimum absolute atomic E-state index is 0.627. The van der Waals surface area contributed by atoms with Gasteiger partial charge in [0.2, 0.25) is 0 Å². The lowest BCUT2D eigenvalue weighted by atomic mass is 10.1. The smallest absolute Gasteiger partial charge is 0.0487 e. The molecule has 2 heterocycles. The topological polar surface area (TPSA) is 34.2 Å². The zero-order valence-electron chi connectivity index (χ0n) is 11.2. The molecular formula is C15H21N3. The van der Waals surface area contributed by atoms with Gasteiger partial charge in [-0.05, 0) is 42.3 Å². The number of benzene rings is 1. The first-order chi connectivity index (χ1) is 8.72. The second-order valence-corrected chi connectivity index (χ2v) is 5.36. The first-order valence-corrected chi connectivity index (χ1v) is 6.75. The average Bonchev–Trinajstić information content (AvgIpc) is 2.86. The maximum atomic E-state index is 5.87. The van der Waals surface area contributed by atoms with Crippen molar-refractivity contribution in [3.05, 3.63) is 35.0 Å². The van der Waals surface area contributed by atoms with Crippen LogP contribution in [0.25, 0.3) is 10.9 Å². The summed E-state index contributed by atoms with van der Waals surface area (Å²) in [5.41, 5.74) is 11.4. The van der Waals surface area contributed by atoms with E-state index in [2.05, 4.69) is 41.8 Å². The second kappa shape index (κ2) is 4.41. The fraction of sp³-hybridized carbons (Fsp3) is 0.467. The Morgan fingerprint density at radius 2 is 1.94 bits per heavy atom. The number of aryl methyl sites for hydroxylation is 1. The van der Waals surface area contributed by atoms with Gasteiger partial charge in [-0.3, -0.25) is 4.90 Å². The van der Waals surface area contributed by atoms with Crippen molar-refractivity contribution in [1.82, 2.24) is 9.47 Å². The molecule has 1 aliphatic rings. The van der Waals surface area contributed by atoms with Gasteiger partial charge >= 0.3 is 0 Å². The number of hydrogen-bond donors (Lipinski definition) is 1. The lowest BCUT2D eigenvalue weighted by molar-refractivity contribution is 0.353. The molecule has 0 spiro atoms. The molecule has 0 unspecified atom stereocenters. The van der Waals surface area contributed by atoms with E-state index in [1.807, 2.05) is 0 Å². The molecule has 2 aromatic rings. The summed E-state index contributed by atoms with van der Waals surface area (Å²) < 4.78 is 2.36. The molecule has 0 bridgehead atoms. The van der Waals surface area contributed by atoms with Crippen molar-refractivity contribution in [2.24, 2.45) is 5.73 Å². The van der Waals surface area contributed by atoms with Gasteiger partial charge in [0.25, 0.3) is 0 Å². The summed E-state index contributed by atoms with van der Waals surface area (Å²) in [6.45, 7) is 6.05. The van der Waals surface area contributed by atoms with Gasteiger partial charge < -0.3 is 10.3 Å². The SMILES string of the molecule is CCCn1cc(CN)c2cc3c(cc21)CN(C)C3. The quantitative estimate of drug-likeness (QED) is 0.898. The van der Waals surface area contributed by atoms with Crippen molar-refractivity contribution in [3.8, 4) is 0 Å². The summed E-state index contributed by atoms with van der Waals surface area (Å²) in [7, 11) is 2.18. The van der Waals surface area contributed by atoms with E-state index in [0.29, 0.717) is 6.54 Å². The van der Waals surface area contributed by atoms with Crippen molar-refractivity contribution < 1.29 is 0 Å². The molecule has 1 aromatic carbocycles. The average molecular weight is 243 g/mol. The Hall–Kier alpha value is -1.32. The highest BCUT2D eigenvalue weighted by molar-refractivity contribution is 5.86. The molecule has 0 fully saturated rings. The zero-order chi connectivity index (χ0) is 12.7. The van der Waals surface area contributed by atoms with Crippen LogP contribution in [0, 0.1) is 0 Å². The Balaban J connectivity index is 2.19. The summed E-state index contributed by atoms with van der Waals surface area (Å²) in [6, 6.07) is 4.71. The highest BCUT2D eigenvalue weighted by atomic mass is 15.1. The molecule has 3 heteroatoms. The molecule has 0 amide bonds. The molecule has 1 aliphatic heterocycles. The molecule has 0 saturated carbocycles. The Labute approximate surface area is 108 Å². The molecule has 3 rings (SSSR count). The summed E-state index contributed by atoms with van der Waals surface area (Å²) in [5.74, 6) is 0. The van der Waals surface area contributed by atoms with Crippen molar-refractivity contribution in [2.45, 2.75) is 39.5 Å². The Bertz CT molecular complexity index is 583. The van der Waals surface area contributed by atoms with E-state index >= 15 is 0 Å². The van der Waals surface area contributed by atoms with Crippen LogP contribution in [0.5, 0.6) is 0 Å². The number of fused-ring (bicyclic) bond motifs is 2. The lowest BCUT2D eigenvalue weighted by Gasteiger charge is -2.05. The van der Waals surface area contributed by atoms with Crippen LogP contribution < -0.4 is 5.73 Å². The molecule has 96 valence electrons. The van der Waals surface area contributed by atoms with Gasteiger partial charge in [0, 0.05) is 43.3 Å². The van der Waals surface area contributed by atoms with Crippen molar-refractivity contribution in [3.63, 3.8) is 0 Å². The molecule has 3 nitrogen and oxygen atoms in total. The standard InChI is InChI=1S/C15H21N3/c1-3-4-18-10-13(7-16)14-5-11-8-17(2)9-12(11)6-15(14)18/h5-6,10H,3-4,7-9,16H2,1-2H3. The van der Waals surface area contributed by atoms with E-state index < -0.39 is 0 Å². The molecule has 0 atom stereocenters. The number of hydrogen-bond acceptors (Lipinski definition) is 2. The van der Waals surface area contributed by atoms with E-state index in [-0.39, 0.29) is 0 Å². The maximum absolute atomic E-state index is 5.87. The molecule has 0 aliphatic carbocycles. The van der Waals surface area contributed by atoms with Gasteiger partial charge in [-0.1, -0.05) is 6.92 Å². The summed E-state index contributed by atoms with van der Waals surface area (Å²) >= 11 is 0. The number of nitrogens with zero attached hydrogens (tertiary/aromatic N) is 2. The minimum atomic E-state index is 0.627. The highest BCUT2D eigenvalue weighted by Gasteiger charge is 2.18. The van der Waals surface area contributed by atoms with Crippen LogP contribution in [0.1, 0.15) is 30.0 Å². The Morgan fingerprint density at radius 1 is 1.22 bits per heavy atom. The first-order valence-electron chi connectivity index (χ1n) is 6.75. The van der Waals surface area contributed by atoms with Gasteiger partial charge in [-0.2, -0.15) is 0 Å². The number of rotatable bonds is 3. The van der Waals surface area contributed by atoms with E-state index in [9.17, 15) is 0 Å². The molecule has 1 aromatic heterocycles. The first kappa shape index (κ1) is 11.8. The van der Waals surface area contributed by atoms with Gasteiger partial charge in [0.1, 0.15) is 0 Å². The zero-order valence-corrected chi connectivity index (χ0v) is 11.2. The van der Waals surface area contributed by atoms with Crippen LogP contribution in [-0.2, 0) is 26.2 Å². The van der Waals surface area contributed by atoms with Gasteiger partial charge in [0.05, 0.1) is 0 Å². The van der Waals surface area contributed by atoms with E-state index in [1.54, 1.807) is 0 Å². The molecular weight excluding hydrogens is 222 g/mol. The Morgan fingerprint density at radius 3 is 2.61 bits per heavy atom. The number of aromatic nitrogens is 1. The van der Waals surface area contributed by atoms with Crippen LogP contribution >= 0.6 is 0 Å². The van der Waals surface area contributed by atoms with Crippen LogP contribution in [0.4, 0.5) is 0 Å². The molecule has 0 radical (unpaired) electrons. The fourth-order valence-electron chi connectivity index (χ4n) is 3.02. The molecule has 2 N–H and O–H groups in total. The van der Waals surface area contributed by atoms with Crippen LogP contribution in [-0.4, -0.2) is 16.5 Å². The van der Waals surface area contributed by atoms with E-state index in [1.165, 1.54) is 27.6 Å². The van der Waals surface area contributed by atoms with Crippen molar-refractivity contribution >= 4 is 10.9 Å². The monoisotopic (exact) mass is 243 g/mol. The third kappa shape index (κ3) is 1.74. The van der Waals surface area contributed by atoms with E-state index in [0.717, 1.165) is 26.1 Å². The minimum Gasteiger partial charge on any atom is -0.347 e. The summed E-state index contributed by atoms with van der Waals surface area (Å²) in [4.78, 5) is 2.36. The fourth-order valence-corrected chi connectivity index (χ4v) is 3.02. The second-order valence-electron chi connectivity index (χ2n) is 5.36. The van der Waals surface area contributed by atoms with Gasteiger partial charge in [-0.15, -0.1) is 0 Å². The largest absolute Gasteiger partial charge is 0.347 e. The van der Waals surface area contributed by atoms with Gasteiger partial charge in [0.15, 0.2) is 0 Å². The predicted molar refractivity (Wildman–Crippen MR) is 75.3 cm³/mol. The van der Waals surface area contributed by atoms with Crippen LogP contribution in [0.2, 0.25) is 0 Å².